The summed E-state index contributed by atoms with van der Waals surface area (Å²) in [4.78, 5) is 33.2. The second-order valence-corrected chi connectivity index (χ2v) is 9.59. The van der Waals surface area contributed by atoms with Crippen LogP contribution in [0.5, 0.6) is 0 Å². The molecule has 1 aliphatic heterocycles. The monoisotopic (exact) mass is 479 g/mol. The van der Waals surface area contributed by atoms with E-state index in [1.165, 1.54) is 35.4 Å². The molecule has 0 spiro atoms. The van der Waals surface area contributed by atoms with Gasteiger partial charge in [-0.25, -0.2) is 18.2 Å². The Morgan fingerprint density at radius 1 is 1.18 bits per heavy atom. The first-order chi connectivity index (χ1) is 15.6. The zero-order chi connectivity index (χ0) is 23.5. The molecular weight excluding hydrogens is 459 g/mol. The van der Waals surface area contributed by atoms with Crippen LogP contribution in [0.25, 0.3) is 0 Å². The number of halogens is 4. The van der Waals surface area contributed by atoms with E-state index >= 15 is 0 Å². The van der Waals surface area contributed by atoms with E-state index in [0.29, 0.717) is 24.8 Å². The van der Waals surface area contributed by atoms with Crippen LogP contribution in [-0.4, -0.2) is 45.0 Å². The normalized spacial score (nSPS) is 29.1. The molecule has 1 aromatic carbocycles. The lowest BCUT2D eigenvalue weighted by Gasteiger charge is -2.43. The number of hydrogen-bond donors (Lipinski definition) is 1. The summed E-state index contributed by atoms with van der Waals surface area (Å²) in [6, 6.07) is 5.71. The summed E-state index contributed by atoms with van der Waals surface area (Å²) in [6.07, 6.45) is 0.0809. The Hall–Kier alpha value is -2.65. The van der Waals surface area contributed by atoms with Gasteiger partial charge in [0.05, 0.1) is 10.6 Å². The fourth-order valence-corrected chi connectivity index (χ4v) is 5.61. The van der Waals surface area contributed by atoms with Crippen LogP contribution in [-0.2, 0) is 16.1 Å². The molecule has 6 rings (SSSR count). The van der Waals surface area contributed by atoms with Crippen molar-refractivity contribution in [3.8, 4) is 0 Å². The summed E-state index contributed by atoms with van der Waals surface area (Å²) in [5.41, 5.74) is -0.376. The van der Waals surface area contributed by atoms with E-state index in [-0.39, 0.29) is 34.8 Å². The highest BCUT2D eigenvalue weighted by molar-refractivity contribution is 6.30. The van der Waals surface area contributed by atoms with Gasteiger partial charge in [0.15, 0.2) is 11.6 Å². The lowest BCUT2D eigenvalue weighted by Crippen LogP contribution is -2.62. The summed E-state index contributed by atoms with van der Waals surface area (Å²) >= 11 is 5.78. The first-order valence-corrected chi connectivity index (χ1v) is 11.0. The zero-order valence-corrected chi connectivity index (χ0v) is 18.2. The Labute approximate surface area is 193 Å². The third-order valence-electron chi connectivity index (χ3n) is 7.01. The van der Waals surface area contributed by atoms with Crippen LogP contribution in [0.2, 0.25) is 5.02 Å². The second kappa shape index (κ2) is 7.99. The number of aliphatic hydroxyl groups is 1. The molecule has 1 unspecified atom stereocenters. The van der Waals surface area contributed by atoms with Gasteiger partial charge in [-0.05, 0) is 42.7 Å². The fraction of sp³-hybridized carbons (Fsp3) is 0.435. The minimum Gasteiger partial charge on any atom is -0.390 e. The number of nitrogens with zero attached hydrogens (tertiary/aromatic N) is 3. The van der Waals surface area contributed by atoms with Gasteiger partial charge in [-0.3, -0.25) is 14.5 Å². The summed E-state index contributed by atoms with van der Waals surface area (Å²) < 4.78 is 40.4. The van der Waals surface area contributed by atoms with Crippen LogP contribution < -0.4 is 4.90 Å². The summed E-state index contributed by atoms with van der Waals surface area (Å²) in [5, 5.41) is 10.6. The molecule has 2 aromatic rings. The van der Waals surface area contributed by atoms with Gasteiger partial charge >= 0.3 is 0 Å². The predicted molar refractivity (Wildman–Crippen MR) is 113 cm³/mol. The van der Waals surface area contributed by atoms with Crippen LogP contribution in [0.3, 0.4) is 0 Å². The van der Waals surface area contributed by atoms with E-state index in [9.17, 15) is 27.9 Å². The summed E-state index contributed by atoms with van der Waals surface area (Å²) in [5.74, 6) is -2.19. The first kappa shape index (κ1) is 22.2. The molecule has 4 aliphatic rings. The molecule has 1 aromatic heterocycles. The molecule has 10 heteroatoms. The number of carbonyl (C=O) groups excluding carboxylic acids is 2. The Morgan fingerprint density at radius 3 is 2.45 bits per heavy atom. The lowest BCUT2D eigenvalue weighted by atomic mass is 9.77. The van der Waals surface area contributed by atoms with E-state index < -0.39 is 42.2 Å². The number of carbonyl (C=O) groups is 2. The van der Waals surface area contributed by atoms with Crippen LogP contribution >= 0.6 is 11.6 Å². The van der Waals surface area contributed by atoms with Gasteiger partial charge in [0.2, 0.25) is 5.91 Å². The van der Waals surface area contributed by atoms with Gasteiger partial charge in [-0.15, -0.1) is 0 Å². The molecule has 1 saturated heterocycles. The quantitative estimate of drug-likeness (QED) is 0.709. The van der Waals surface area contributed by atoms with E-state index in [0.717, 1.165) is 11.0 Å². The van der Waals surface area contributed by atoms with Gasteiger partial charge in [0.25, 0.3) is 12.3 Å². The number of benzene rings is 1. The highest BCUT2D eigenvalue weighted by Gasteiger charge is 2.60. The molecule has 4 fully saturated rings. The average Bonchev–Trinajstić information content (AvgIpc) is 3.24. The predicted octanol–water partition coefficient (Wildman–Crippen LogP) is 3.72. The first-order valence-electron chi connectivity index (χ1n) is 10.7. The van der Waals surface area contributed by atoms with Crippen LogP contribution in [0, 0.1) is 17.7 Å². The Morgan fingerprint density at radius 2 is 1.88 bits per heavy atom. The van der Waals surface area contributed by atoms with Gasteiger partial charge in [0.1, 0.15) is 12.6 Å². The van der Waals surface area contributed by atoms with Crippen molar-refractivity contribution in [1.29, 1.82) is 0 Å². The summed E-state index contributed by atoms with van der Waals surface area (Å²) in [6.45, 7) is -0.359. The molecule has 6 nitrogen and oxygen atoms in total. The topological polar surface area (TPSA) is 73.7 Å². The van der Waals surface area contributed by atoms with Crippen molar-refractivity contribution in [1.82, 2.24) is 9.88 Å². The number of hydrogen-bond acceptors (Lipinski definition) is 4. The zero-order valence-electron chi connectivity index (χ0n) is 17.4. The fourth-order valence-electron chi connectivity index (χ4n) is 5.46. The summed E-state index contributed by atoms with van der Waals surface area (Å²) in [7, 11) is 0. The number of anilines is 1. The lowest BCUT2D eigenvalue weighted by molar-refractivity contribution is -0.146. The van der Waals surface area contributed by atoms with E-state index in [1.807, 2.05) is 0 Å². The number of pyridine rings is 1. The van der Waals surface area contributed by atoms with E-state index in [1.54, 1.807) is 0 Å². The molecule has 33 heavy (non-hydrogen) atoms. The second-order valence-electron chi connectivity index (χ2n) is 9.15. The molecule has 2 bridgehead atoms. The maximum absolute atomic E-state index is 14.6. The van der Waals surface area contributed by atoms with Crippen LogP contribution in [0.1, 0.15) is 36.8 Å². The maximum Gasteiger partial charge on any atom is 0.263 e. The van der Waals surface area contributed by atoms with Crippen molar-refractivity contribution in [3.05, 3.63) is 58.5 Å². The van der Waals surface area contributed by atoms with Gasteiger partial charge < -0.3 is 10.0 Å². The smallest absolute Gasteiger partial charge is 0.263 e. The number of amides is 2. The molecule has 2 atom stereocenters. The van der Waals surface area contributed by atoms with Crippen molar-refractivity contribution >= 4 is 29.2 Å². The Bertz CT molecular complexity index is 1110. The van der Waals surface area contributed by atoms with Crippen molar-refractivity contribution in [3.63, 3.8) is 0 Å². The maximum atomic E-state index is 14.6. The Balaban J connectivity index is 1.48. The highest BCUT2D eigenvalue weighted by atomic mass is 35.5. The minimum atomic E-state index is -2.61. The van der Waals surface area contributed by atoms with Crippen LogP contribution in [0.4, 0.5) is 19.0 Å². The number of fused-ring (bicyclic) bond motifs is 1. The Kier molecular flexibility index (Phi) is 5.36. The minimum absolute atomic E-state index is 0.0464. The average molecular weight is 480 g/mol. The molecular formula is C23H21ClF3N3O3. The van der Waals surface area contributed by atoms with Crippen molar-refractivity contribution in [2.75, 3.05) is 11.4 Å². The van der Waals surface area contributed by atoms with Crippen LogP contribution in [0.15, 0.2) is 36.5 Å². The molecule has 2 amide bonds. The van der Waals surface area contributed by atoms with Gasteiger partial charge in [-0.1, -0.05) is 35.9 Å². The van der Waals surface area contributed by atoms with Gasteiger partial charge in [-0.2, -0.15) is 0 Å². The number of aromatic nitrogens is 1. The molecule has 2 heterocycles. The SMILES string of the molecule is O=C1[C@H](C2CC3(O)CC2C3)N(Cc2ccc(C(F)F)cc2)C(=O)CN1c1ncc(Cl)cc1F. The highest BCUT2D eigenvalue weighted by Crippen LogP contribution is 2.57. The molecule has 174 valence electrons. The molecule has 3 aliphatic carbocycles. The van der Waals surface area contributed by atoms with E-state index in [2.05, 4.69) is 4.98 Å². The largest absolute Gasteiger partial charge is 0.390 e. The molecule has 0 radical (unpaired) electrons. The van der Waals surface area contributed by atoms with Crippen molar-refractivity contribution in [2.45, 2.75) is 43.9 Å². The van der Waals surface area contributed by atoms with Gasteiger partial charge in [0, 0.05) is 18.3 Å². The number of alkyl halides is 2. The molecule has 3 saturated carbocycles. The third-order valence-corrected chi connectivity index (χ3v) is 7.21. The van der Waals surface area contributed by atoms with Crippen molar-refractivity contribution < 1.29 is 27.9 Å². The van der Waals surface area contributed by atoms with Crippen molar-refractivity contribution in [2.24, 2.45) is 11.8 Å². The number of piperazine rings is 1. The van der Waals surface area contributed by atoms with E-state index in [4.69, 9.17) is 11.6 Å². The standard InChI is InChI=1S/C23H21ClF3N3O3/c24-15-5-17(25)21(28-9-15)30-11-18(31)29(10-12-1-3-13(4-2-12)20(26)27)19(22(30)32)16-8-23(33)6-14(16)7-23/h1-5,9,14,16,19-20,33H,6-8,10-11H2/t14?,16?,19-,23?/m0/s1. The molecule has 1 N–H and O–H groups in total. The number of rotatable bonds is 5. The third kappa shape index (κ3) is 3.87.